The fourth-order valence-electron chi connectivity index (χ4n) is 1.66. The summed E-state index contributed by atoms with van der Waals surface area (Å²) in [5, 5.41) is 14.8. The quantitative estimate of drug-likeness (QED) is 0.647. The topological polar surface area (TPSA) is 111 Å². The van der Waals surface area contributed by atoms with E-state index in [1.807, 2.05) is 6.92 Å². The Labute approximate surface area is 118 Å². The molecule has 1 amide bonds. The zero-order valence-corrected chi connectivity index (χ0v) is 11.4. The molecule has 8 heteroatoms. The molecular weight excluding hydrogens is 280 g/mol. The standard InChI is InChI=1S/C12H12N4O3S/c1-7-14-5-9(20-7)6-15-10-4-8(12(13)17)2-3-11(10)16(18)19/h2-5,15H,6H2,1H3,(H2,13,17). The van der Waals surface area contributed by atoms with Crippen LogP contribution in [0.3, 0.4) is 0 Å². The lowest BCUT2D eigenvalue weighted by Crippen LogP contribution is -2.12. The average Bonchev–Trinajstić information content (AvgIpc) is 2.81. The van der Waals surface area contributed by atoms with E-state index in [0.29, 0.717) is 6.54 Å². The summed E-state index contributed by atoms with van der Waals surface area (Å²) >= 11 is 1.50. The van der Waals surface area contributed by atoms with Crippen LogP contribution in [0.15, 0.2) is 24.4 Å². The van der Waals surface area contributed by atoms with E-state index in [9.17, 15) is 14.9 Å². The molecular formula is C12H12N4O3S. The molecule has 0 saturated carbocycles. The monoisotopic (exact) mass is 292 g/mol. The first-order valence-corrected chi connectivity index (χ1v) is 6.52. The van der Waals surface area contributed by atoms with Crippen molar-refractivity contribution in [3.63, 3.8) is 0 Å². The third-order valence-corrected chi connectivity index (χ3v) is 3.51. The maximum Gasteiger partial charge on any atom is 0.292 e. The highest BCUT2D eigenvalue weighted by atomic mass is 32.1. The smallest absolute Gasteiger partial charge is 0.292 e. The van der Waals surface area contributed by atoms with Crippen molar-refractivity contribution in [1.29, 1.82) is 0 Å². The number of amides is 1. The van der Waals surface area contributed by atoms with Gasteiger partial charge in [-0.2, -0.15) is 0 Å². The average molecular weight is 292 g/mol. The number of nitrogens with two attached hydrogens (primary N) is 1. The summed E-state index contributed by atoms with van der Waals surface area (Å²) in [6, 6.07) is 3.98. The van der Waals surface area contributed by atoms with Crippen LogP contribution >= 0.6 is 11.3 Å². The summed E-state index contributed by atoms with van der Waals surface area (Å²) in [5.74, 6) is -0.628. The largest absolute Gasteiger partial charge is 0.375 e. The van der Waals surface area contributed by atoms with E-state index in [0.717, 1.165) is 9.88 Å². The zero-order valence-electron chi connectivity index (χ0n) is 10.6. The summed E-state index contributed by atoms with van der Waals surface area (Å²) in [6.45, 7) is 2.28. The van der Waals surface area contributed by atoms with Crippen molar-refractivity contribution in [2.24, 2.45) is 5.73 Å². The molecule has 2 aromatic rings. The van der Waals surface area contributed by atoms with Gasteiger partial charge < -0.3 is 11.1 Å². The number of hydrogen-bond acceptors (Lipinski definition) is 6. The third-order valence-electron chi connectivity index (χ3n) is 2.60. The molecule has 20 heavy (non-hydrogen) atoms. The summed E-state index contributed by atoms with van der Waals surface area (Å²) in [5.41, 5.74) is 5.56. The lowest BCUT2D eigenvalue weighted by molar-refractivity contribution is -0.384. The second kappa shape index (κ2) is 5.66. The number of nitro groups is 1. The van der Waals surface area contributed by atoms with Crippen LogP contribution < -0.4 is 11.1 Å². The van der Waals surface area contributed by atoms with E-state index in [1.54, 1.807) is 6.20 Å². The predicted octanol–water partition coefficient (Wildman–Crippen LogP) is 2.07. The Kier molecular flexibility index (Phi) is 3.94. The van der Waals surface area contributed by atoms with Crippen molar-refractivity contribution in [3.05, 3.63) is 50.0 Å². The number of nitrogens with zero attached hydrogens (tertiary/aromatic N) is 2. The second-order valence-electron chi connectivity index (χ2n) is 4.05. The van der Waals surface area contributed by atoms with Crippen LogP contribution in [0.5, 0.6) is 0 Å². The fourth-order valence-corrected chi connectivity index (χ4v) is 2.39. The summed E-state index contributed by atoms with van der Waals surface area (Å²) in [6.07, 6.45) is 1.71. The van der Waals surface area contributed by atoms with Crippen LogP contribution in [0.2, 0.25) is 0 Å². The molecule has 0 atom stereocenters. The van der Waals surface area contributed by atoms with Crippen molar-refractivity contribution >= 4 is 28.6 Å². The van der Waals surface area contributed by atoms with Gasteiger partial charge in [-0.05, 0) is 19.1 Å². The molecule has 2 rings (SSSR count). The maximum atomic E-state index is 11.1. The summed E-state index contributed by atoms with van der Waals surface area (Å²) in [7, 11) is 0. The van der Waals surface area contributed by atoms with Gasteiger partial charge in [-0.3, -0.25) is 14.9 Å². The van der Waals surface area contributed by atoms with Gasteiger partial charge in [-0.15, -0.1) is 11.3 Å². The van der Waals surface area contributed by atoms with Crippen LogP contribution in [0.1, 0.15) is 20.2 Å². The van der Waals surface area contributed by atoms with Crippen LogP contribution in [-0.4, -0.2) is 15.8 Å². The van der Waals surface area contributed by atoms with Crippen LogP contribution in [-0.2, 0) is 6.54 Å². The number of rotatable bonds is 5. The number of hydrogen-bond donors (Lipinski definition) is 2. The van der Waals surface area contributed by atoms with Gasteiger partial charge in [0.2, 0.25) is 5.91 Å². The van der Waals surface area contributed by atoms with Gasteiger partial charge in [-0.25, -0.2) is 4.98 Å². The number of thiazole rings is 1. The molecule has 1 aromatic heterocycles. The van der Waals surface area contributed by atoms with Crippen molar-refractivity contribution in [2.45, 2.75) is 13.5 Å². The highest BCUT2D eigenvalue weighted by Gasteiger charge is 2.15. The molecule has 0 aliphatic heterocycles. The Morgan fingerprint density at radius 3 is 2.85 bits per heavy atom. The minimum atomic E-state index is -0.628. The lowest BCUT2D eigenvalue weighted by Gasteiger charge is -2.07. The minimum absolute atomic E-state index is 0.101. The first-order valence-electron chi connectivity index (χ1n) is 5.71. The molecule has 0 aliphatic carbocycles. The van der Waals surface area contributed by atoms with E-state index >= 15 is 0 Å². The van der Waals surface area contributed by atoms with Crippen molar-refractivity contribution in [1.82, 2.24) is 4.98 Å². The normalized spacial score (nSPS) is 10.2. The predicted molar refractivity (Wildman–Crippen MR) is 75.8 cm³/mol. The molecule has 0 spiro atoms. The molecule has 3 N–H and O–H groups in total. The van der Waals surface area contributed by atoms with Crippen LogP contribution in [0.25, 0.3) is 0 Å². The molecule has 0 aliphatic rings. The number of aryl methyl sites for hydroxylation is 1. The van der Waals surface area contributed by atoms with E-state index in [4.69, 9.17) is 5.73 Å². The first-order chi connectivity index (χ1) is 9.47. The molecule has 104 valence electrons. The molecule has 7 nitrogen and oxygen atoms in total. The third kappa shape index (κ3) is 3.09. The number of aromatic nitrogens is 1. The van der Waals surface area contributed by atoms with Gasteiger partial charge in [0.25, 0.3) is 5.69 Å². The molecule has 1 heterocycles. The highest BCUT2D eigenvalue weighted by Crippen LogP contribution is 2.26. The van der Waals surface area contributed by atoms with E-state index in [1.165, 1.54) is 29.5 Å². The van der Waals surface area contributed by atoms with Gasteiger partial charge in [0.1, 0.15) is 5.69 Å². The summed E-state index contributed by atoms with van der Waals surface area (Å²) in [4.78, 5) is 26.6. The maximum absolute atomic E-state index is 11.1. The van der Waals surface area contributed by atoms with Crippen molar-refractivity contribution < 1.29 is 9.72 Å². The second-order valence-corrected chi connectivity index (χ2v) is 5.37. The van der Waals surface area contributed by atoms with Crippen LogP contribution in [0.4, 0.5) is 11.4 Å². The highest BCUT2D eigenvalue weighted by molar-refractivity contribution is 7.11. The zero-order chi connectivity index (χ0) is 14.7. The Bertz CT molecular complexity index is 668. The summed E-state index contributed by atoms with van der Waals surface area (Å²) < 4.78 is 0. The van der Waals surface area contributed by atoms with Crippen molar-refractivity contribution in [3.8, 4) is 0 Å². The Hall–Kier alpha value is -2.48. The molecule has 0 unspecified atom stereocenters. The van der Waals surface area contributed by atoms with E-state index < -0.39 is 10.8 Å². The Morgan fingerprint density at radius 1 is 1.55 bits per heavy atom. The van der Waals surface area contributed by atoms with Gasteiger partial charge >= 0.3 is 0 Å². The number of carbonyl (C=O) groups excluding carboxylic acids is 1. The first kappa shape index (κ1) is 13.9. The van der Waals surface area contributed by atoms with E-state index in [2.05, 4.69) is 10.3 Å². The van der Waals surface area contributed by atoms with Gasteiger partial charge in [0.05, 0.1) is 16.5 Å². The van der Waals surface area contributed by atoms with Gasteiger partial charge in [0.15, 0.2) is 0 Å². The molecule has 1 aromatic carbocycles. The van der Waals surface area contributed by atoms with Crippen LogP contribution in [0, 0.1) is 17.0 Å². The van der Waals surface area contributed by atoms with Gasteiger partial charge in [0, 0.05) is 22.7 Å². The number of anilines is 1. The molecule has 0 fully saturated rings. The molecule has 0 saturated heterocycles. The minimum Gasteiger partial charge on any atom is -0.375 e. The number of nitrogens with one attached hydrogen (secondary N) is 1. The lowest BCUT2D eigenvalue weighted by atomic mass is 10.1. The molecule has 0 bridgehead atoms. The number of carbonyl (C=O) groups is 1. The SMILES string of the molecule is Cc1ncc(CNc2cc(C(N)=O)ccc2[N+](=O)[O-])s1. The molecule has 0 radical (unpaired) electrons. The fraction of sp³-hybridized carbons (Fsp3) is 0.167. The Balaban J connectivity index is 2.25. The number of primary amides is 1. The number of benzene rings is 1. The van der Waals surface area contributed by atoms with E-state index in [-0.39, 0.29) is 16.9 Å². The van der Waals surface area contributed by atoms with Crippen molar-refractivity contribution in [2.75, 3.05) is 5.32 Å². The van der Waals surface area contributed by atoms with Gasteiger partial charge in [-0.1, -0.05) is 0 Å². The number of nitro benzene ring substituents is 1. The Morgan fingerprint density at radius 2 is 2.30 bits per heavy atom.